The highest BCUT2D eigenvalue weighted by Gasteiger charge is 2.04. The van der Waals surface area contributed by atoms with Gasteiger partial charge in [-0.05, 0) is 30.9 Å². The molecular weight excluding hydrogens is 260 g/mol. The molecule has 0 amide bonds. The van der Waals surface area contributed by atoms with E-state index in [4.69, 9.17) is 0 Å². The summed E-state index contributed by atoms with van der Waals surface area (Å²) in [7, 11) is 0. The van der Waals surface area contributed by atoms with Crippen LogP contribution in [0.15, 0.2) is 23.2 Å². The standard InChI is InChI=1S/C15H23F2N3/c1-4-18-15(20-10-11(2)3)19-8-7-12-5-6-13(16)9-14(12)17/h5-6,9,11H,4,7-8,10H2,1-3H3,(H2,18,19,20). The van der Waals surface area contributed by atoms with Crippen LogP contribution in [0.3, 0.4) is 0 Å². The molecule has 0 saturated carbocycles. The molecule has 1 aromatic rings. The lowest BCUT2D eigenvalue weighted by Gasteiger charge is -2.12. The number of nitrogens with one attached hydrogen (secondary N) is 2. The zero-order chi connectivity index (χ0) is 15.0. The van der Waals surface area contributed by atoms with Gasteiger partial charge < -0.3 is 10.6 Å². The molecule has 20 heavy (non-hydrogen) atoms. The molecule has 0 aromatic heterocycles. The summed E-state index contributed by atoms with van der Waals surface area (Å²) < 4.78 is 26.3. The van der Waals surface area contributed by atoms with Crippen molar-refractivity contribution >= 4 is 5.96 Å². The molecule has 0 radical (unpaired) electrons. The largest absolute Gasteiger partial charge is 0.357 e. The number of hydrogen-bond acceptors (Lipinski definition) is 1. The first-order valence-corrected chi connectivity index (χ1v) is 6.99. The smallest absolute Gasteiger partial charge is 0.191 e. The fraction of sp³-hybridized carbons (Fsp3) is 0.533. The predicted molar refractivity (Wildman–Crippen MR) is 78.9 cm³/mol. The zero-order valence-electron chi connectivity index (χ0n) is 12.3. The van der Waals surface area contributed by atoms with Gasteiger partial charge in [0, 0.05) is 25.7 Å². The van der Waals surface area contributed by atoms with Gasteiger partial charge in [-0.2, -0.15) is 0 Å². The van der Waals surface area contributed by atoms with E-state index >= 15 is 0 Å². The molecule has 1 rings (SSSR count). The number of rotatable bonds is 6. The highest BCUT2D eigenvalue weighted by atomic mass is 19.1. The van der Waals surface area contributed by atoms with Gasteiger partial charge in [-0.3, -0.25) is 4.99 Å². The van der Waals surface area contributed by atoms with Crippen molar-refractivity contribution in [3.8, 4) is 0 Å². The number of hydrogen-bond donors (Lipinski definition) is 2. The van der Waals surface area contributed by atoms with Gasteiger partial charge in [-0.1, -0.05) is 19.9 Å². The maximum absolute atomic E-state index is 13.5. The lowest BCUT2D eigenvalue weighted by atomic mass is 10.1. The van der Waals surface area contributed by atoms with Crippen molar-refractivity contribution in [1.82, 2.24) is 10.6 Å². The van der Waals surface area contributed by atoms with E-state index in [1.165, 1.54) is 12.1 Å². The molecule has 0 fully saturated rings. The van der Waals surface area contributed by atoms with E-state index in [1.807, 2.05) is 6.92 Å². The van der Waals surface area contributed by atoms with E-state index < -0.39 is 11.6 Å². The van der Waals surface area contributed by atoms with Crippen LogP contribution in [0.1, 0.15) is 26.3 Å². The van der Waals surface area contributed by atoms with E-state index in [1.54, 1.807) is 0 Å². The molecule has 1 aromatic carbocycles. The van der Waals surface area contributed by atoms with Gasteiger partial charge in [0.1, 0.15) is 11.6 Å². The molecule has 0 atom stereocenters. The number of nitrogens with zero attached hydrogens (tertiary/aromatic N) is 1. The molecule has 0 bridgehead atoms. The Hall–Kier alpha value is -1.65. The molecule has 0 heterocycles. The minimum Gasteiger partial charge on any atom is -0.357 e. The summed E-state index contributed by atoms with van der Waals surface area (Å²) in [6.45, 7) is 8.25. The van der Waals surface area contributed by atoms with Gasteiger partial charge in [-0.15, -0.1) is 0 Å². The van der Waals surface area contributed by atoms with Crippen LogP contribution < -0.4 is 10.6 Å². The third-order valence-electron chi connectivity index (χ3n) is 2.66. The zero-order valence-corrected chi connectivity index (χ0v) is 12.3. The average molecular weight is 283 g/mol. The first kappa shape index (κ1) is 16.4. The van der Waals surface area contributed by atoms with Crippen LogP contribution in [-0.4, -0.2) is 25.6 Å². The van der Waals surface area contributed by atoms with E-state index in [0.717, 1.165) is 25.1 Å². The van der Waals surface area contributed by atoms with Crippen molar-refractivity contribution in [3.05, 3.63) is 35.4 Å². The van der Waals surface area contributed by atoms with Crippen LogP contribution in [0, 0.1) is 17.6 Å². The van der Waals surface area contributed by atoms with Gasteiger partial charge >= 0.3 is 0 Å². The Morgan fingerprint density at radius 3 is 2.60 bits per heavy atom. The van der Waals surface area contributed by atoms with Crippen molar-refractivity contribution < 1.29 is 8.78 Å². The number of benzene rings is 1. The minimum atomic E-state index is -0.550. The quantitative estimate of drug-likeness (QED) is 0.622. The Labute approximate surface area is 119 Å². The molecular formula is C15H23F2N3. The SMILES string of the molecule is CCNC(=NCC(C)C)NCCc1ccc(F)cc1F. The molecule has 112 valence electrons. The first-order chi connectivity index (χ1) is 9.52. The Morgan fingerprint density at radius 2 is 2.00 bits per heavy atom. The van der Waals surface area contributed by atoms with Crippen LogP contribution in [0.4, 0.5) is 8.78 Å². The van der Waals surface area contributed by atoms with E-state index in [0.29, 0.717) is 24.4 Å². The molecule has 0 aliphatic heterocycles. The van der Waals surface area contributed by atoms with Gasteiger partial charge in [0.15, 0.2) is 5.96 Å². The third-order valence-corrected chi connectivity index (χ3v) is 2.66. The van der Waals surface area contributed by atoms with Gasteiger partial charge in [0.2, 0.25) is 0 Å². The van der Waals surface area contributed by atoms with Crippen LogP contribution in [0.25, 0.3) is 0 Å². The lowest BCUT2D eigenvalue weighted by Crippen LogP contribution is -2.38. The van der Waals surface area contributed by atoms with E-state index in [2.05, 4.69) is 29.5 Å². The number of halogens is 2. The number of guanidine groups is 1. The van der Waals surface area contributed by atoms with E-state index in [9.17, 15) is 8.78 Å². The predicted octanol–water partition coefficient (Wildman–Crippen LogP) is 2.72. The summed E-state index contributed by atoms with van der Waals surface area (Å²) in [4.78, 5) is 4.42. The van der Waals surface area contributed by atoms with Crippen molar-refractivity contribution in [2.24, 2.45) is 10.9 Å². The molecule has 3 nitrogen and oxygen atoms in total. The van der Waals surface area contributed by atoms with Gasteiger partial charge in [0.05, 0.1) is 0 Å². The average Bonchev–Trinajstić information content (AvgIpc) is 2.38. The van der Waals surface area contributed by atoms with Crippen molar-refractivity contribution in [2.45, 2.75) is 27.2 Å². The summed E-state index contributed by atoms with van der Waals surface area (Å²) in [5.74, 6) is 0.158. The van der Waals surface area contributed by atoms with Gasteiger partial charge in [0.25, 0.3) is 0 Å². The maximum Gasteiger partial charge on any atom is 0.191 e. The molecule has 0 unspecified atom stereocenters. The topological polar surface area (TPSA) is 36.4 Å². The summed E-state index contributed by atoms with van der Waals surface area (Å²) in [6, 6.07) is 3.66. The number of aliphatic imine (C=N–C) groups is 1. The molecule has 0 saturated heterocycles. The summed E-state index contributed by atoms with van der Waals surface area (Å²) in [5.41, 5.74) is 0.499. The fourth-order valence-corrected chi connectivity index (χ4v) is 1.66. The fourth-order valence-electron chi connectivity index (χ4n) is 1.66. The summed E-state index contributed by atoms with van der Waals surface area (Å²) in [6.07, 6.45) is 0.484. The van der Waals surface area contributed by atoms with Crippen LogP contribution >= 0.6 is 0 Å². The van der Waals surface area contributed by atoms with Crippen LogP contribution in [-0.2, 0) is 6.42 Å². The van der Waals surface area contributed by atoms with Crippen LogP contribution in [0.2, 0.25) is 0 Å². The Balaban J connectivity index is 2.49. The van der Waals surface area contributed by atoms with Crippen molar-refractivity contribution in [1.29, 1.82) is 0 Å². The lowest BCUT2D eigenvalue weighted by molar-refractivity contribution is 0.570. The second-order valence-electron chi connectivity index (χ2n) is 5.03. The molecule has 0 spiro atoms. The molecule has 0 aliphatic carbocycles. The third kappa shape index (κ3) is 5.99. The van der Waals surface area contributed by atoms with Crippen LogP contribution in [0.5, 0.6) is 0 Å². The molecule has 2 N–H and O–H groups in total. The Bertz CT molecular complexity index is 445. The highest BCUT2D eigenvalue weighted by molar-refractivity contribution is 5.79. The first-order valence-electron chi connectivity index (χ1n) is 6.99. The Morgan fingerprint density at radius 1 is 1.25 bits per heavy atom. The maximum atomic E-state index is 13.5. The van der Waals surface area contributed by atoms with Gasteiger partial charge in [-0.25, -0.2) is 8.78 Å². The summed E-state index contributed by atoms with van der Waals surface area (Å²) >= 11 is 0. The Kier molecular flexibility index (Phi) is 6.98. The highest BCUT2D eigenvalue weighted by Crippen LogP contribution is 2.09. The van der Waals surface area contributed by atoms with Crippen molar-refractivity contribution in [2.75, 3.05) is 19.6 Å². The minimum absolute atomic E-state index is 0.484. The molecule has 5 heteroatoms. The normalized spacial score (nSPS) is 11.8. The monoisotopic (exact) mass is 283 g/mol. The molecule has 0 aliphatic rings. The summed E-state index contributed by atoms with van der Waals surface area (Å²) in [5, 5.41) is 6.28. The second kappa shape index (κ2) is 8.51. The van der Waals surface area contributed by atoms with E-state index in [-0.39, 0.29) is 0 Å². The second-order valence-corrected chi connectivity index (χ2v) is 5.03. The van der Waals surface area contributed by atoms with Crippen molar-refractivity contribution in [3.63, 3.8) is 0 Å².